The number of nitrogens with zero attached hydrogens (tertiary/aromatic N) is 2. The van der Waals surface area contributed by atoms with Crippen molar-refractivity contribution in [2.24, 2.45) is 0 Å². The number of hydrogen-bond donors (Lipinski definition) is 0. The quantitative estimate of drug-likeness (QED) is 0.664. The van der Waals surface area contributed by atoms with E-state index in [1.807, 2.05) is 47.4 Å². The minimum absolute atomic E-state index is 0.140. The number of amides is 1. The summed E-state index contributed by atoms with van der Waals surface area (Å²) in [6, 6.07) is 28.8. The Hall–Kier alpha value is -2.91. The molecular weight excluding hydrogens is 344 g/mol. The highest BCUT2D eigenvalue weighted by Crippen LogP contribution is 2.20. The molecule has 1 aliphatic rings. The number of carbonyl (C=O) groups is 1. The fourth-order valence-corrected chi connectivity index (χ4v) is 3.79. The van der Waals surface area contributed by atoms with Crippen LogP contribution >= 0.6 is 0 Å². The molecule has 3 heteroatoms. The minimum Gasteiger partial charge on any atom is -0.337 e. The third-order valence-corrected chi connectivity index (χ3v) is 5.36. The van der Waals surface area contributed by atoms with Crippen LogP contribution in [0.5, 0.6) is 0 Å². The first kappa shape index (κ1) is 18.5. The Morgan fingerprint density at radius 2 is 1.32 bits per heavy atom. The van der Waals surface area contributed by atoms with Gasteiger partial charge in [0.05, 0.1) is 0 Å². The summed E-state index contributed by atoms with van der Waals surface area (Å²) < 4.78 is 0. The molecule has 3 nitrogen and oxygen atoms in total. The molecule has 1 amide bonds. The maximum absolute atomic E-state index is 13.0. The van der Waals surface area contributed by atoms with Gasteiger partial charge in [-0.05, 0) is 35.2 Å². The summed E-state index contributed by atoms with van der Waals surface area (Å²) in [5.74, 6) is 0.140. The number of rotatable bonds is 4. The second-order valence-electron chi connectivity index (χ2n) is 7.35. The third kappa shape index (κ3) is 4.49. The average Bonchev–Trinajstić information content (AvgIpc) is 3.00. The van der Waals surface area contributed by atoms with Gasteiger partial charge in [-0.1, -0.05) is 72.8 Å². The van der Waals surface area contributed by atoms with Gasteiger partial charge in [0.1, 0.15) is 0 Å². The van der Waals surface area contributed by atoms with Crippen LogP contribution in [0.25, 0.3) is 11.1 Å². The molecule has 28 heavy (non-hydrogen) atoms. The molecule has 0 aromatic heterocycles. The van der Waals surface area contributed by atoms with Crippen LogP contribution in [-0.4, -0.2) is 41.9 Å². The lowest BCUT2D eigenvalue weighted by Crippen LogP contribution is -2.35. The zero-order valence-electron chi connectivity index (χ0n) is 16.1. The van der Waals surface area contributed by atoms with Crippen LogP contribution in [-0.2, 0) is 6.54 Å². The smallest absolute Gasteiger partial charge is 0.253 e. The Morgan fingerprint density at radius 1 is 0.679 bits per heavy atom. The van der Waals surface area contributed by atoms with E-state index in [2.05, 4.69) is 47.4 Å². The number of hydrogen-bond acceptors (Lipinski definition) is 2. The van der Waals surface area contributed by atoms with Crippen LogP contribution in [0.3, 0.4) is 0 Å². The highest BCUT2D eigenvalue weighted by atomic mass is 16.2. The van der Waals surface area contributed by atoms with E-state index in [1.165, 1.54) is 11.1 Å². The molecule has 1 saturated heterocycles. The third-order valence-electron chi connectivity index (χ3n) is 5.36. The topological polar surface area (TPSA) is 23.6 Å². The van der Waals surface area contributed by atoms with Crippen LogP contribution in [0, 0.1) is 0 Å². The van der Waals surface area contributed by atoms with E-state index >= 15 is 0 Å². The van der Waals surface area contributed by atoms with Gasteiger partial charge in [0.2, 0.25) is 0 Å². The molecule has 142 valence electrons. The van der Waals surface area contributed by atoms with Gasteiger partial charge in [-0.25, -0.2) is 0 Å². The summed E-state index contributed by atoms with van der Waals surface area (Å²) in [6.45, 7) is 4.51. The molecule has 0 aliphatic carbocycles. The molecule has 1 heterocycles. The Kier molecular flexibility index (Phi) is 5.83. The van der Waals surface area contributed by atoms with Crippen molar-refractivity contribution in [2.45, 2.75) is 13.0 Å². The number of carbonyl (C=O) groups excluding carboxylic acids is 1. The van der Waals surface area contributed by atoms with Crippen molar-refractivity contribution in [3.63, 3.8) is 0 Å². The highest BCUT2D eigenvalue weighted by Gasteiger charge is 2.20. The first-order chi connectivity index (χ1) is 13.8. The van der Waals surface area contributed by atoms with Crippen molar-refractivity contribution in [3.05, 3.63) is 96.1 Å². The molecule has 1 fully saturated rings. The van der Waals surface area contributed by atoms with E-state index in [4.69, 9.17) is 0 Å². The SMILES string of the molecule is O=C(c1ccc(-c2ccccc2)cc1)N1CCCN(Cc2ccccc2)CC1. The molecule has 4 rings (SSSR count). The lowest BCUT2D eigenvalue weighted by molar-refractivity contribution is 0.0761. The molecule has 0 unspecified atom stereocenters. The van der Waals surface area contributed by atoms with Crippen molar-refractivity contribution in [1.29, 1.82) is 0 Å². The van der Waals surface area contributed by atoms with Crippen molar-refractivity contribution >= 4 is 5.91 Å². The summed E-state index contributed by atoms with van der Waals surface area (Å²) >= 11 is 0. The normalized spacial score (nSPS) is 15.2. The van der Waals surface area contributed by atoms with Crippen LogP contribution < -0.4 is 0 Å². The van der Waals surface area contributed by atoms with Gasteiger partial charge in [0.15, 0.2) is 0 Å². The molecule has 0 atom stereocenters. The molecule has 0 N–H and O–H groups in total. The zero-order chi connectivity index (χ0) is 19.2. The molecule has 0 spiro atoms. The summed E-state index contributed by atoms with van der Waals surface area (Å²) in [7, 11) is 0. The van der Waals surface area contributed by atoms with Crippen LogP contribution in [0.15, 0.2) is 84.9 Å². The Morgan fingerprint density at radius 3 is 2.04 bits per heavy atom. The lowest BCUT2D eigenvalue weighted by atomic mass is 10.0. The van der Waals surface area contributed by atoms with Gasteiger partial charge < -0.3 is 4.90 Å². The predicted molar refractivity (Wildman–Crippen MR) is 114 cm³/mol. The first-order valence-corrected chi connectivity index (χ1v) is 10.0. The lowest BCUT2D eigenvalue weighted by Gasteiger charge is -2.22. The van der Waals surface area contributed by atoms with E-state index in [-0.39, 0.29) is 5.91 Å². The van der Waals surface area contributed by atoms with Gasteiger partial charge in [0, 0.05) is 38.3 Å². The van der Waals surface area contributed by atoms with Gasteiger partial charge in [-0.15, -0.1) is 0 Å². The second kappa shape index (κ2) is 8.85. The molecule has 0 bridgehead atoms. The Balaban J connectivity index is 1.38. The average molecular weight is 370 g/mol. The fourth-order valence-electron chi connectivity index (χ4n) is 3.79. The van der Waals surface area contributed by atoms with Crippen molar-refractivity contribution in [3.8, 4) is 11.1 Å². The minimum atomic E-state index is 0.140. The molecule has 3 aromatic carbocycles. The molecule has 0 saturated carbocycles. The largest absolute Gasteiger partial charge is 0.337 e. The van der Waals surface area contributed by atoms with Crippen LogP contribution in [0.2, 0.25) is 0 Å². The first-order valence-electron chi connectivity index (χ1n) is 10.0. The van der Waals surface area contributed by atoms with Crippen LogP contribution in [0.4, 0.5) is 0 Å². The molecule has 0 radical (unpaired) electrons. The Bertz CT molecular complexity index is 891. The number of benzene rings is 3. The summed E-state index contributed by atoms with van der Waals surface area (Å²) in [4.78, 5) is 17.4. The second-order valence-corrected chi connectivity index (χ2v) is 7.35. The maximum Gasteiger partial charge on any atom is 0.253 e. The van der Waals surface area contributed by atoms with Crippen molar-refractivity contribution in [2.75, 3.05) is 26.2 Å². The van der Waals surface area contributed by atoms with E-state index < -0.39 is 0 Å². The van der Waals surface area contributed by atoms with E-state index in [1.54, 1.807) is 0 Å². The van der Waals surface area contributed by atoms with Gasteiger partial charge in [0.25, 0.3) is 5.91 Å². The van der Waals surface area contributed by atoms with Crippen molar-refractivity contribution < 1.29 is 4.79 Å². The monoisotopic (exact) mass is 370 g/mol. The molecule has 1 aliphatic heterocycles. The zero-order valence-corrected chi connectivity index (χ0v) is 16.1. The van der Waals surface area contributed by atoms with E-state index in [0.717, 1.165) is 50.3 Å². The summed E-state index contributed by atoms with van der Waals surface area (Å²) in [5.41, 5.74) is 4.42. The van der Waals surface area contributed by atoms with Crippen molar-refractivity contribution in [1.82, 2.24) is 9.80 Å². The summed E-state index contributed by atoms with van der Waals surface area (Å²) in [6.07, 6.45) is 1.01. The summed E-state index contributed by atoms with van der Waals surface area (Å²) in [5, 5.41) is 0. The Labute approximate surface area is 167 Å². The van der Waals surface area contributed by atoms with Crippen LogP contribution in [0.1, 0.15) is 22.3 Å². The maximum atomic E-state index is 13.0. The highest BCUT2D eigenvalue weighted by molar-refractivity contribution is 5.94. The van der Waals surface area contributed by atoms with E-state index in [9.17, 15) is 4.79 Å². The van der Waals surface area contributed by atoms with Gasteiger partial charge in [-0.3, -0.25) is 9.69 Å². The van der Waals surface area contributed by atoms with Gasteiger partial charge in [-0.2, -0.15) is 0 Å². The fraction of sp³-hybridized carbons (Fsp3) is 0.240. The predicted octanol–water partition coefficient (Wildman–Crippen LogP) is 4.70. The standard InChI is InChI=1S/C25H26N2O/c28-25(24-14-12-23(13-15-24)22-10-5-2-6-11-22)27-17-7-16-26(18-19-27)20-21-8-3-1-4-9-21/h1-6,8-15H,7,16-20H2. The molecule has 3 aromatic rings. The van der Waals surface area contributed by atoms with Gasteiger partial charge >= 0.3 is 0 Å². The molecular formula is C25H26N2O. The van der Waals surface area contributed by atoms with E-state index in [0.29, 0.717) is 0 Å².